The molecule has 0 radical (unpaired) electrons. The van der Waals surface area contributed by atoms with E-state index in [9.17, 15) is 23.9 Å². The van der Waals surface area contributed by atoms with Gasteiger partial charge in [-0.3, -0.25) is 19.1 Å². The summed E-state index contributed by atoms with van der Waals surface area (Å²) in [4.78, 5) is 44.0. The molecule has 1 aromatic carbocycles. The van der Waals surface area contributed by atoms with Gasteiger partial charge < -0.3 is 15.2 Å². The molecule has 1 aliphatic rings. The van der Waals surface area contributed by atoms with Gasteiger partial charge in [0.25, 0.3) is 11.5 Å². The summed E-state index contributed by atoms with van der Waals surface area (Å²) in [6.07, 6.45) is -0.0255. The molecule has 1 saturated heterocycles. The molecule has 1 fully saturated rings. The smallest absolute Gasteiger partial charge is 0.410 e. The average Bonchev–Trinajstić information content (AvgIpc) is 3.12. The molecule has 9 nitrogen and oxygen atoms in total. The molecular formula is C23H29FN4O5. The van der Waals surface area contributed by atoms with Crippen LogP contribution in [0.25, 0.3) is 0 Å². The van der Waals surface area contributed by atoms with Crippen molar-refractivity contribution in [2.45, 2.75) is 52.3 Å². The molecular weight excluding hydrogens is 431 g/mol. The largest absolute Gasteiger partial charge is 0.501 e. The van der Waals surface area contributed by atoms with Crippen molar-refractivity contribution in [3.05, 3.63) is 57.5 Å². The number of halogens is 1. The van der Waals surface area contributed by atoms with Crippen LogP contribution in [0.2, 0.25) is 0 Å². The quantitative estimate of drug-likeness (QED) is 0.725. The third-order valence-corrected chi connectivity index (χ3v) is 5.32. The number of likely N-dealkylation sites (tertiary alicyclic amines) is 1. The van der Waals surface area contributed by atoms with Crippen molar-refractivity contribution < 1.29 is 23.8 Å². The second-order valence-corrected chi connectivity index (χ2v) is 9.33. The lowest BCUT2D eigenvalue weighted by Gasteiger charge is -2.29. The molecule has 2 aromatic rings. The fourth-order valence-corrected chi connectivity index (χ4v) is 3.74. The molecule has 0 unspecified atom stereocenters. The third kappa shape index (κ3) is 5.50. The Kier molecular flexibility index (Phi) is 6.76. The number of nitrogens with zero attached hydrogens (tertiary/aromatic N) is 3. The molecule has 1 aromatic heterocycles. The molecule has 2 amide bonds. The maximum Gasteiger partial charge on any atom is 0.410 e. The van der Waals surface area contributed by atoms with Gasteiger partial charge in [0, 0.05) is 20.1 Å². The molecule has 2 N–H and O–H groups in total. The summed E-state index contributed by atoms with van der Waals surface area (Å²) >= 11 is 0. The molecule has 2 atom stereocenters. The molecule has 0 bridgehead atoms. The summed E-state index contributed by atoms with van der Waals surface area (Å²) in [5.41, 5.74) is -1.30. The highest BCUT2D eigenvalue weighted by Crippen LogP contribution is 2.35. The predicted molar refractivity (Wildman–Crippen MR) is 118 cm³/mol. The van der Waals surface area contributed by atoms with Crippen LogP contribution < -0.4 is 10.9 Å². The topological polar surface area (TPSA) is 114 Å². The second kappa shape index (κ2) is 9.21. The van der Waals surface area contributed by atoms with E-state index in [4.69, 9.17) is 4.74 Å². The summed E-state index contributed by atoms with van der Waals surface area (Å²) in [5.74, 6) is -1.65. The molecule has 3 rings (SSSR count). The first-order valence-electron chi connectivity index (χ1n) is 10.7. The Morgan fingerprint density at radius 1 is 1.27 bits per heavy atom. The standard InChI is InChI=1S/C23H29FN4O5/c1-13-10-16(28(12-13)22(32)33-23(2,3)4)19-26-17(18(29)21(31)27(19)5)20(30)25-11-14-6-8-15(24)9-7-14/h6-9,13,16,29H,10-12H2,1-5H3,(H,25,30)/t13-,16-/m0/s1. The van der Waals surface area contributed by atoms with Crippen molar-refractivity contribution >= 4 is 12.0 Å². The Morgan fingerprint density at radius 2 is 1.91 bits per heavy atom. The first kappa shape index (κ1) is 24.2. The van der Waals surface area contributed by atoms with E-state index < -0.39 is 46.5 Å². The van der Waals surface area contributed by atoms with E-state index in [-0.39, 0.29) is 18.3 Å². The van der Waals surface area contributed by atoms with Crippen LogP contribution in [0.15, 0.2) is 29.1 Å². The zero-order valence-electron chi connectivity index (χ0n) is 19.4. The predicted octanol–water partition coefficient (Wildman–Crippen LogP) is 2.87. The van der Waals surface area contributed by atoms with Crippen molar-refractivity contribution in [2.24, 2.45) is 13.0 Å². The van der Waals surface area contributed by atoms with E-state index in [1.807, 2.05) is 6.92 Å². The SMILES string of the molecule is C[C@H]1C[C@@H](c2nc(C(=O)NCc3ccc(F)cc3)c(O)c(=O)n2C)N(C(=O)OC(C)(C)C)C1. The van der Waals surface area contributed by atoms with Gasteiger partial charge >= 0.3 is 6.09 Å². The van der Waals surface area contributed by atoms with Crippen LogP contribution >= 0.6 is 0 Å². The molecule has 178 valence electrons. The minimum atomic E-state index is -0.796. The van der Waals surface area contributed by atoms with Crippen LogP contribution in [-0.2, 0) is 18.3 Å². The van der Waals surface area contributed by atoms with E-state index >= 15 is 0 Å². The van der Waals surface area contributed by atoms with E-state index in [1.54, 1.807) is 20.8 Å². The van der Waals surface area contributed by atoms with Gasteiger partial charge in [0.05, 0.1) is 6.04 Å². The number of ether oxygens (including phenoxy) is 1. The number of benzene rings is 1. The van der Waals surface area contributed by atoms with Crippen LogP contribution in [0.5, 0.6) is 5.75 Å². The summed E-state index contributed by atoms with van der Waals surface area (Å²) < 4.78 is 19.7. The second-order valence-electron chi connectivity index (χ2n) is 9.33. The van der Waals surface area contributed by atoms with E-state index in [0.29, 0.717) is 18.5 Å². The van der Waals surface area contributed by atoms with Crippen molar-refractivity contribution in [3.8, 4) is 5.75 Å². The number of rotatable bonds is 4. The number of hydrogen-bond donors (Lipinski definition) is 2. The highest BCUT2D eigenvalue weighted by Gasteiger charge is 2.39. The number of amides is 2. The molecule has 1 aliphatic heterocycles. The zero-order chi connectivity index (χ0) is 24.5. The van der Waals surface area contributed by atoms with Crippen molar-refractivity contribution in [1.29, 1.82) is 0 Å². The van der Waals surface area contributed by atoms with Crippen molar-refractivity contribution in [3.63, 3.8) is 0 Å². The van der Waals surface area contributed by atoms with E-state index in [0.717, 1.165) is 4.57 Å². The van der Waals surface area contributed by atoms with Crippen LogP contribution in [0, 0.1) is 11.7 Å². The fraction of sp³-hybridized carbons (Fsp3) is 0.478. The molecule has 0 spiro atoms. The fourth-order valence-electron chi connectivity index (χ4n) is 3.74. The first-order chi connectivity index (χ1) is 15.4. The van der Waals surface area contributed by atoms with Crippen molar-refractivity contribution in [2.75, 3.05) is 6.54 Å². The summed E-state index contributed by atoms with van der Waals surface area (Å²) in [6, 6.07) is 4.95. The normalized spacial score (nSPS) is 18.3. The molecule has 33 heavy (non-hydrogen) atoms. The van der Waals surface area contributed by atoms with Crippen LogP contribution in [0.4, 0.5) is 9.18 Å². The maximum atomic E-state index is 13.1. The summed E-state index contributed by atoms with van der Waals surface area (Å²) in [6.45, 7) is 7.70. The van der Waals surface area contributed by atoms with Gasteiger partial charge in [-0.2, -0.15) is 0 Å². The monoisotopic (exact) mass is 460 g/mol. The van der Waals surface area contributed by atoms with Gasteiger partial charge in [-0.05, 0) is 50.8 Å². The van der Waals surface area contributed by atoms with Gasteiger partial charge in [0.15, 0.2) is 5.69 Å². The maximum absolute atomic E-state index is 13.1. The van der Waals surface area contributed by atoms with Gasteiger partial charge in [0.2, 0.25) is 5.75 Å². The van der Waals surface area contributed by atoms with Gasteiger partial charge in [-0.1, -0.05) is 19.1 Å². The average molecular weight is 461 g/mol. The Balaban J connectivity index is 1.91. The number of nitrogens with one attached hydrogen (secondary N) is 1. The lowest BCUT2D eigenvalue weighted by molar-refractivity contribution is 0.0211. The summed E-state index contributed by atoms with van der Waals surface area (Å²) in [7, 11) is 1.43. The van der Waals surface area contributed by atoms with Gasteiger partial charge in [-0.25, -0.2) is 14.2 Å². The Morgan fingerprint density at radius 3 is 2.52 bits per heavy atom. The highest BCUT2D eigenvalue weighted by atomic mass is 19.1. The number of carbonyl (C=O) groups is 2. The number of aromatic hydroxyl groups is 1. The Hall–Kier alpha value is -3.43. The molecule has 10 heteroatoms. The number of aromatic nitrogens is 2. The zero-order valence-corrected chi connectivity index (χ0v) is 19.4. The molecule has 2 heterocycles. The Bertz CT molecular complexity index is 1110. The molecule has 0 aliphatic carbocycles. The van der Waals surface area contributed by atoms with Crippen molar-refractivity contribution in [1.82, 2.24) is 19.8 Å². The summed E-state index contributed by atoms with van der Waals surface area (Å²) in [5, 5.41) is 12.9. The highest BCUT2D eigenvalue weighted by molar-refractivity contribution is 5.94. The third-order valence-electron chi connectivity index (χ3n) is 5.32. The van der Waals surface area contributed by atoms with E-state index in [1.165, 1.54) is 36.2 Å². The lowest BCUT2D eigenvalue weighted by atomic mass is 10.1. The molecule has 0 saturated carbocycles. The van der Waals surface area contributed by atoms with Gasteiger partial charge in [-0.15, -0.1) is 0 Å². The first-order valence-corrected chi connectivity index (χ1v) is 10.7. The van der Waals surface area contributed by atoms with Gasteiger partial charge in [0.1, 0.15) is 17.2 Å². The number of carbonyl (C=O) groups excluding carboxylic acids is 2. The minimum absolute atomic E-state index is 0.0509. The minimum Gasteiger partial charge on any atom is -0.501 e. The number of hydrogen-bond acceptors (Lipinski definition) is 6. The van der Waals surface area contributed by atoms with E-state index in [2.05, 4.69) is 10.3 Å². The lowest BCUT2D eigenvalue weighted by Crippen LogP contribution is -2.39. The Labute approximate surface area is 191 Å². The van der Waals surface area contributed by atoms with Crippen LogP contribution in [0.3, 0.4) is 0 Å². The van der Waals surface area contributed by atoms with Crippen LogP contribution in [0.1, 0.15) is 62.0 Å². The van der Waals surface area contributed by atoms with Crippen LogP contribution in [-0.4, -0.2) is 43.7 Å².